The third-order valence-corrected chi connectivity index (χ3v) is 8.69. The van der Waals surface area contributed by atoms with Crippen molar-refractivity contribution in [2.75, 3.05) is 44.2 Å². The topological polar surface area (TPSA) is 55.7 Å². The first-order chi connectivity index (χ1) is 19.9. The molecule has 6 heteroatoms. The summed E-state index contributed by atoms with van der Waals surface area (Å²) in [6.07, 6.45) is 10.6. The molecule has 232 valence electrons. The van der Waals surface area contributed by atoms with Crippen molar-refractivity contribution in [2.45, 2.75) is 119 Å². The lowest BCUT2D eigenvalue weighted by Crippen LogP contribution is -2.50. The van der Waals surface area contributed by atoms with Crippen molar-refractivity contribution in [2.24, 2.45) is 5.92 Å². The number of benzene rings is 1. The predicted molar refractivity (Wildman–Crippen MR) is 176 cm³/mol. The average molecular weight is 568 g/mol. The number of hydrogen-bond acceptors (Lipinski definition) is 6. The van der Waals surface area contributed by atoms with Gasteiger partial charge in [0.25, 0.3) is 0 Å². The van der Waals surface area contributed by atoms with Crippen LogP contribution in [0.3, 0.4) is 0 Å². The fraction of sp³-hybridized carbons (Fsp3) is 0.714. The van der Waals surface area contributed by atoms with E-state index in [0.29, 0.717) is 6.04 Å². The Hall–Kier alpha value is -2.02. The monoisotopic (exact) mass is 567 g/mol. The van der Waals surface area contributed by atoms with Crippen LogP contribution in [0.4, 0.5) is 5.95 Å². The van der Waals surface area contributed by atoms with Crippen molar-refractivity contribution < 1.29 is 5.11 Å². The van der Waals surface area contributed by atoms with E-state index in [9.17, 15) is 5.11 Å². The van der Waals surface area contributed by atoms with E-state index in [0.717, 1.165) is 70.9 Å². The highest BCUT2D eigenvalue weighted by Crippen LogP contribution is 2.23. The van der Waals surface area contributed by atoms with Crippen LogP contribution in [-0.2, 0) is 19.3 Å². The predicted octanol–water partition coefficient (Wildman–Crippen LogP) is 6.92. The number of rotatable bonds is 10. The summed E-state index contributed by atoms with van der Waals surface area (Å²) >= 11 is 0. The second kappa shape index (κ2) is 19.2. The molecule has 4 rings (SSSR count). The van der Waals surface area contributed by atoms with Crippen LogP contribution in [0.2, 0.25) is 0 Å². The summed E-state index contributed by atoms with van der Waals surface area (Å²) in [6, 6.07) is 9.24. The molecule has 3 atom stereocenters. The Labute approximate surface area is 252 Å². The summed E-state index contributed by atoms with van der Waals surface area (Å²) in [4.78, 5) is 17.0. The molecule has 0 bridgehead atoms. The van der Waals surface area contributed by atoms with E-state index < -0.39 is 6.23 Å². The van der Waals surface area contributed by atoms with Crippen LogP contribution in [-0.4, -0.2) is 76.4 Å². The molecule has 6 nitrogen and oxygen atoms in total. The first kappa shape index (κ1) is 35.2. The van der Waals surface area contributed by atoms with E-state index in [1.807, 2.05) is 20.0 Å². The summed E-state index contributed by atoms with van der Waals surface area (Å²) in [7, 11) is 0. The second-order valence-electron chi connectivity index (χ2n) is 11.7. The Morgan fingerprint density at radius 2 is 1.49 bits per heavy atom. The highest BCUT2D eigenvalue weighted by molar-refractivity contribution is 5.35. The summed E-state index contributed by atoms with van der Waals surface area (Å²) in [6.45, 7) is 23.2. The number of fused-ring (bicyclic) bond motifs is 1. The minimum absolute atomic E-state index is 0.226. The van der Waals surface area contributed by atoms with Crippen LogP contribution >= 0.6 is 0 Å². The van der Waals surface area contributed by atoms with Crippen LogP contribution in [0.25, 0.3) is 0 Å². The molecular weight excluding hydrogens is 506 g/mol. The van der Waals surface area contributed by atoms with Crippen LogP contribution in [0, 0.1) is 12.8 Å². The first-order valence-corrected chi connectivity index (χ1v) is 16.7. The number of hydrogen-bond donors (Lipinski definition) is 1. The molecule has 0 saturated carbocycles. The Bertz CT molecular complexity index is 973. The van der Waals surface area contributed by atoms with Gasteiger partial charge in [-0.1, -0.05) is 85.1 Å². The van der Waals surface area contributed by atoms with Gasteiger partial charge < -0.3 is 10.0 Å². The molecule has 3 unspecified atom stereocenters. The largest absolute Gasteiger partial charge is 0.378 e. The van der Waals surface area contributed by atoms with Crippen LogP contribution in [0.15, 0.2) is 30.5 Å². The average Bonchev–Trinajstić information content (AvgIpc) is 3.23. The van der Waals surface area contributed by atoms with Crippen molar-refractivity contribution in [3.63, 3.8) is 0 Å². The maximum Gasteiger partial charge on any atom is 0.225 e. The quantitative estimate of drug-likeness (QED) is 0.336. The molecule has 2 aliphatic heterocycles. The van der Waals surface area contributed by atoms with Gasteiger partial charge in [-0.05, 0) is 62.1 Å². The third-order valence-electron chi connectivity index (χ3n) is 8.69. The van der Waals surface area contributed by atoms with Crippen LogP contribution < -0.4 is 4.90 Å². The zero-order valence-electron chi connectivity index (χ0n) is 27.7. The summed E-state index contributed by atoms with van der Waals surface area (Å²) in [5.41, 5.74) is 5.13. The fourth-order valence-corrected chi connectivity index (χ4v) is 5.64. The molecule has 1 N–H and O–H groups in total. The molecule has 1 aromatic carbocycles. The molecule has 1 aromatic heterocycles. The van der Waals surface area contributed by atoms with Crippen molar-refractivity contribution in [3.8, 4) is 0 Å². The van der Waals surface area contributed by atoms with Crippen LogP contribution in [0.5, 0.6) is 0 Å². The van der Waals surface area contributed by atoms with Gasteiger partial charge in [-0.15, -0.1) is 0 Å². The Kier molecular flexibility index (Phi) is 16.5. The SMILES string of the molecule is CC.CCCC.CCCC(C)N1CCN(c2ncc3c(n2)CCN(C(O)C(C)CCc2ccccc2C)CC3)CC1. The highest BCUT2D eigenvalue weighted by Gasteiger charge is 2.27. The van der Waals surface area contributed by atoms with Crippen LogP contribution in [0.1, 0.15) is 103 Å². The van der Waals surface area contributed by atoms with Gasteiger partial charge >= 0.3 is 0 Å². The van der Waals surface area contributed by atoms with Gasteiger partial charge in [0.05, 0.1) is 5.69 Å². The van der Waals surface area contributed by atoms with Gasteiger partial charge in [0.1, 0.15) is 6.23 Å². The molecule has 0 spiro atoms. The zero-order valence-corrected chi connectivity index (χ0v) is 27.7. The molecule has 0 radical (unpaired) electrons. The molecule has 2 aliphatic rings. The first-order valence-electron chi connectivity index (χ1n) is 16.7. The number of aliphatic hydroxyl groups excluding tert-OH is 1. The fourth-order valence-electron chi connectivity index (χ4n) is 5.64. The van der Waals surface area contributed by atoms with Crippen molar-refractivity contribution in [1.82, 2.24) is 19.8 Å². The summed E-state index contributed by atoms with van der Waals surface area (Å²) in [5.74, 6) is 1.11. The van der Waals surface area contributed by atoms with E-state index in [1.54, 1.807) is 0 Å². The normalized spacial score (nSPS) is 18.1. The maximum atomic E-state index is 11.1. The number of aliphatic hydroxyl groups is 1. The number of piperazine rings is 1. The van der Waals surface area contributed by atoms with E-state index >= 15 is 0 Å². The lowest BCUT2D eigenvalue weighted by molar-refractivity contribution is -0.0348. The third kappa shape index (κ3) is 11.0. The minimum Gasteiger partial charge on any atom is -0.378 e. The van der Waals surface area contributed by atoms with Gasteiger partial charge in [0.2, 0.25) is 5.95 Å². The number of anilines is 1. The summed E-state index contributed by atoms with van der Waals surface area (Å²) < 4.78 is 0. The molecule has 1 fully saturated rings. The molecule has 0 amide bonds. The number of aromatic nitrogens is 2. The van der Waals surface area contributed by atoms with Gasteiger partial charge in [0.15, 0.2) is 0 Å². The Morgan fingerprint density at radius 1 is 0.829 bits per heavy atom. The van der Waals surface area contributed by atoms with Crippen molar-refractivity contribution in [3.05, 3.63) is 52.8 Å². The zero-order chi connectivity index (χ0) is 30.2. The number of aryl methyl sites for hydroxylation is 2. The lowest BCUT2D eigenvalue weighted by Gasteiger charge is -2.38. The van der Waals surface area contributed by atoms with E-state index in [2.05, 4.69) is 80.5 Å². The molecule has 41 heavy (non-hydrogen) atoms. The van der Waals surface area contributed by atoms with Gasteiger partial charge in [-0.2, -0.15) is 0 Å². The molecule has 0 aliphatic carbocycles. The standard InChI is InChI=1S/C29H45N5O.C4H10.C2H6/c1-5-8-24(4)32-17-19-34(20-18-32)29-30-21-26-13-15-33(16-14-27(26)31-29)28(35)23(3)11-12-25-10-7-6-9-22(25)2;1-3-4-2;1-2/h6-7,9-10,21,23-24,28,35H,5,8,11-20H2,1-4H3;3-4H2,1-2H3;1-2H3. The highest BCUT2D eigenvalue weighted by atomic mass is 16.3. The minimum atomic E-state index is -0.418. The van der Waals surface area contributed by atoms with Gasteiger partial charge in [-0.3, -0.25) is 9.80 Å². The maximum absolute atomic E-state index is 11.1. The van der Waals surface area contributed by atoms with Crippen molar-refractivity contribution >= 4 is 5.95 Å². The van der Waals surface area contributed by atoms with E-state index in [1.165, 1.54) is 48.1 Å². The van der Waals surface area contributed by atoms with Crippen molar-refractivity contribution in [1.29, 1.82) is 0 Å². The number of nitrogens with zero attached hydrogens (tertiary/aromatic N) is 5. The smallest absolute Gasteiger partial charge is 0.225 e. The van der Waals surface area contributed by atoms with E-state index in [4.69, 9.17) is 9.97 Å². The Balaban J connectivity index is 0.000000902. The lowest BCUT2D eigenvalue weighted by atomic mass is 9.96. The second-order valence-corrected chi connectivity index (χ2v) is 11.7. The Morgan fingerprint density at radius 3 is 2.12 bits per heavy atom. The molecule has 3 heterocycles. The van der Waals surface area contributed by atoms with Gasteiger partial charge in [-0.25, -0.2) is 9.97 Å². The molecule has 1 saturated heterocycles. The van der Waals surface area contributed by atoms with E-state index in [-0.39, 0.29) is 5.92 Å². The number of unbranched alkanes of at least 4 members (excludes halogenated alkanes) is 1. The van der Waals surface area contributed by atoms with Gasteiger partial charge in [0, 0.05) is 57.9 Å². The molecule has 2 aromatic rings. The molecular formula is C35H61N5O. The summed E-state index contributed by atoms with van der Waals surface area (Å²) in [5, 5.41) is 11.1.